The first-order valence-corrected chi connectivity index (χ1v) is 12.7. The topological polar surface area (TPSA) is 86.7 Å². The molecule has 0 radical (unpaired) electrons. The van der Waals surface area contributed by atoms with Crippen molar-refractivity contribution in [3.8, 4) is 0 Å². The van der Waals surface area contributed by atoms with Crippen LogP contribution >= 0.6 is 0 Å². The zero-order chi connectivity index (χ0) is 23.5. The van der Waals surface area contributed by atoms with Gasteiger partial charge in [0.2, 0.25) is 11.8 Å². The summed E-state index contributed by atoms with van der Waals surface area (Å²) in [6, 6.07) is -0.753. The highest BCUT2D eigenvalue weighted by molar-refractivity contribution is 5.89. The van der Waals surface area contributed by atoms with Crippen LogP contribution in [0, 0.1) is 5.92 Å². The van der Waals surface area contributed by atoms with Crippen LogP contribution in [-0.4, -0.2) is 46.9 Å². The lowest BCUT2D eigenvalue weighted by molar-refractivity contribution is -0.140. The summed E-state index contributed by atoms with van der Waals surface area (Å²) in [5.74, 6) is -1.25. The maximum absolute atomic E-state index is 13.3. The highest BCUT2D eigenvalue weighted by atomic mass is 16.4. The number of hydrogen-bond acceptors (Lipinski definition) is 3. The molecule has 2 N–H and O–H groups in total. The number of carboxylic acids is 1. The number of aliphatic carboxylic acids is 1. The number of amides is 2. The Kier molecular flexibility index (Phi) is 18.1. The van der Waals surface area contributed by atoms with Gasteiger partial charge in [-0.25, -0.2) is 0 Å². The molecular weight excluding hydrogens is 392 g/mol. The van der Waals surface area contributed by atoms with Gasteiger partial charge in [0.25, 0.3) is 0 Å². The summed E-state index contributed by atoms with van der Waals surface area (Å²) in [4.78, 5) is 39.3. The minimum atomic E-state index is -0.942. The van der Waals surface area contributed by atoms with Gasteiger partial charge in [0, 0.05) is 25.4 Å². The van der Waals surface area contributed by atoms with Crippen molar-refractivity contribution in [3.05, 3.63) is 0 Å². The van der Waals surface area contributed by atoms with Crippen LogP contribution in [0.4, 0.5) is 0 Å². The van der Waals surface area contributed by atoms with Crippen LogP contribution in [0.15, 0.2) is 0 Å². The molecule has 31 heavy (non-hydrogen) atoms. The third-order valence-electron chi connectivity index (χ3n) is 5.82. The van der Waals surface area contributed by atoms with Crippen LogP contribution in [0.25, 0.3) is 0 Å². The highest BCUT2D eigenvalue weighted by Crippen LogP contribution is 2.19. The van der Waals surface area contributed by atoms with Crippen molar-refractivity contribution in [2.75, 3.05) is 13.1 Å². The lowest BCUT2D eigenvalue weighted by Crippen LogP contribution is -2.50. The molecule has 0 aliphatic heterocycles. The maximum Gasteiger partial charge on any atom is 0.303 e. The first-order valence-electron chi connectivity index (χ1n) is 12.7. The lowest BCUT2D eigenvalue weighted by Gasteiger charge is -2.29. The average molecular weight is 441 g/mol. The van der Waals surface area contributed by atoms with Gasteiger partial charge in [-0.05, 0) is 32.1 Å². The van der Waals surface area contributed by atoms with Crippen molar-refractivity contribution in [1.82, 2.24) is 10.2 Å². The fourth-order valence-corrected chi connectivity index (χ4v) is 3.74. The number of carbonyl (C=O) groups excluding carboxylic acids is 2. The summed E-state index contributed by atoms with van der Waals surface area (Å²) in [6.07, 6.45) is 11.9. The average Bonchev–Trinajstić information content (AvgIpc) is 2.75. The zero-order valence-electron chi connectivity index (χ0n) is 20.6. The van der Waals surface area contributed by atoms with Gasteiger partial charge in [-0.3, -0.25) is 14.4 Å². The van der Waals surface area contributed by atoms with Crippen LogP contribution in [0.1, 0.15) is 118 Å². The summed E-state index contributed by atoms with van der Waals surface area (Å²) in [7, 11) is 0. The van der Waals surface area contributed by atoms with E-state index in [9.17, 15) is 14.4 Å². The second-order valence-electron chi connectivity index (χ2n) is 8.71. The summed E-state index contributed by atoms with van der Waals surface area (Å²) < 4.78 is 0. The molecule has 6 nitrogen and oxygen atoms in total. The van der Waals surface area contributed by atoms with Crippen molar-refractivity contribution in [2.24, 2.45) is 5.92 Å². The van der Waals surface area contributed by atoms with Crippen LogP contribution in [0.3, 0.4) is 0 Å². The molecule has 0 saturated carbocycles. The second-order valence-corrected chi connectivity index (χ2v) is 8.71. The molecule has 0 aromatic carbocycles. The summed E-state index contributed by atoms with van der Waals surface area (Å²) in [5, 5.41) is 12.1. The van der Waals surface area contributed by atoms with Gasteiger partial charge < -0.3 is 15.3 Å². The van der Waals surface area contributed by atoms with E-state index < -0.39 is 12.0 Å². The van der Waals surface area contributed by atoms with E-state index in [1.807, 2.05) is 4.90 Å². The van der Waals surface area contributed by atoms with Crippen LogP contribution < -0.4 is 5.32 Å². The van der Waals surface area contributed by atoms with Gasteiger partial charge in [-0.1, -0.05) is 79.1 Å². The third kappa shape index (κ3) is 14.2. The molecule has 6 heteroatoms. The van der Waals surface area contributed by atoms with E-state index in [1.165, 1.54) is 6.42 Å². The molecule has 0 aromatic heterocycles. The molecule has 0 fully saturated rings. The molecule has 0 saturated heterocycles. The first kappa shape index (κ1) is 29.4. The normalized spacial score (nSPS) is 12.9. The Morgan fingerprint density at radius 3 is 1.81 bits per heavy atom. The number of carboxylic acid groups (broad SMARTS) is 1. The largest absolute Gasteiger partial charge is 0.481 e. The predicted octanol–water partition coefficient (Wildman–Crippen LogP) is 5.54. The molecule has 0 spiro atoms. The van der Waals surface area contributed by atoms with E-state index in [4.69, 9.17) is 5.11 Å². The monoisotopic (exact) mass is 440 g/mol. The van der Waals surface area contributed by atoms with Gasteiger partial charge >= 0.3 is 5.97 Å². The summed E-state index contributed by atoms with van der Waals surface area (Å²) in [6.45, 7) is 9.77. The quantitative estimate of drug-likeness (QED) is 0.243. The predicted molar refractivity (Wildman–Crippen MR) is 127 cm³/mol. The van der Waals surface area contributed by atoms with Gasteiger partial charge in [0.1, 0.15) is 6.04 Å². The van der Waals surface area contributed by atoms with E-state index in [2.05, 4.69) is 33.0 Å². The summed E-state index contributed by atoms with van der Waals surface area (Å²) >= 11 is 0. The molecule has 2 amide bonds. The minimum absolute atomic E-state index is 0.0837. The Hall–Kier alpha value is -1.59. The van der Waals surface area contributed by atoms with Gasteiger partial charge in [-0.15, -0.1) is 0 Å². The van der Waals surface area contributed by atoms with E-state index in [1.54, 1.807) is 0 Å². The van der Waals surface area contributed by atoms with E-state index in [0.717, 1.165) is 70.6 Å². The third-order valence-corrected chi connectivity index (χ3v) is 5.82. The standard InChI is InChI=1S/C25H48N2O4/c1-5-9-13-14-16-21(15-10-6-2)24(30)26-22(17-18-23(28)29)25(31)27(19-11-7-3)20-12-8-4/h21-22H,5-20H2,1-4H3,(H,26,30)(H,28,29)/t21?,22-/m0/s1. The number of nitrogens with zero attached hydrogens (tertiary/aromatic N) is 1. The van der Waals surface area contributed by atoms with Crippen molar-refractivity contribution in [3.63, 3.8) is 0 Å². The molecule has 0 aliphatic carbocycles. The zero-order valence-corrected chi connectivity index (χ0v) is 20.6. The van der Waals surface area contributed by atoms with Crippen molar-refractivity contribution >= 4 is 17.8 Å². The molecule has 0 heterocycles. The smallest absolute Gasteiger partial charge is 0.303 e. The molecule has 2 atom stereocenters. The molecule has 1 unspecified atom stereocenters. The number of rotatable bonds is 20. The van der Waals surface area contributed by atoms with Crippen LogP contribution in [0.5, 0.6) is 0 Å². The van der Waals surface area contributed by atoms with Crippen molar-refractivity contribution in [1.29, 1.82) is 0 Å². The fraction of sp³-hybridized carbons (Fsp3) is 0.880. The Labute approximate surface area is 190 Å². The Balaban J connectivity index is 5.27. The summed E-state index contributed by atoms with van der Waals surface area (Å²) in [5.41, 5.74) is 0. The van der Waals surface area contributed by atoms with Crippen LogP contribution in [0.2, 0.25) is 0 Å². The van der Waals surface area contributed by atoms with E-state index in [0.29, 0.717) is 13.1 Å². The Morgan fingerprint density at radius 2 is 1.29 bits per heavy atom. The Morgan fingerprint density at radius 1 is 0.742 bits per heavy atom. The number of nitrogens with one attached hydrogen (secondary N) is 1. The molecular formula is C25H48N2O4. The SMILES string of the molecule is CCCCCCC(CCCC)C(=O)N[C@@H](CCC(=O)O)C(=O)N(CCCC)CCCC. The number of unbranched alkanes of at least 4 members (excludes halogenated alkanes) is 6. The molecule has 182 valence electrons. The molecule has 0 aliphatic rings. The highest BCUT2D eigenvalue weighted by Gasteiger charge is 2.28. The van der Waals surface area contributed by atoms with Crippen LogP contribution in [-0.2, 0) is 14.4 Å². The molecule has 0 rings (SSSR count). The second kappa shape index (κ2) is 19.1. The Bertz CT molecular complexity index is 488. The number of hydrogen-bond donors (Lipinski definition) is 2. The van der Waals surface area contributed by atoms with Gasteiger partial charge in [0.05, 0.1) is 0 Å². The van der Waals surface area contributed by atoms with Gasteiger partial charge in [-0.2, -0.15) is 0 Å². The molecule has 0 aromatic rings. The minimum Gasteiger partial charge on any atom is -0.481 e. The fourth-order valence-electron chi connectivity index (χ4n) is 3.74. The van der Waals surface area contributed by atoms with Gasteiger partial charge in [0.15, 0.2) is 0 Å². The first-order chi connectivity index (χ1) is 14.9. The molecule has 0 bridgehead atoms. The van der Waals surface area contributed by atoms with Crippen molar-refractivity contribution < 1.29 is 19.5 Å². The van der Waals surface area contributed by atoms with E-state index >= 15 is 0 Å². The number of carbonyl (C=O) groups is 3. The maximum atomic E-state index is 13.3. The van der Waals surface area contributed by atoms with Crippen molar-refractivity contribution in [2.45, 2.75) is 124 Å². The van der Waals surface area contributed by atoms with E-state index in [-0.39, 0.29) is 30.6 Å². The lowest BCUT2D eigenvalue weighted by atomic mass is 9.93.